The Labute approximate surface area is 154 Å². The smallest absolute Gasteiger partial charge is 0.242 e. The number of aryl methyl sites for hydroxylation is 2. The summed E-state index contributed by atoms with van der Waals surface area (Å²) in [5.74, 6) is 1.02. The first-order valence-corrected chi connectivity index (χ1v) is 9.99. The van der Waals surface area contributed by atoms with E-state index in [1.54, 1.807) is 0 Å². The molecule has 1 aromatic rings. The van der Waals surface area contributed by atoms with E-state index in [0.717, 1.165) is 55.8 Å². The van der Waals surface area contributed by atoms with Crippen LogP contribution in [0.2, 0.25) is 0 Å². The summed E-state index contributed by atoms with van der Waals surface area (Å²) in [7, 11) is 0. The molecule has 1 saturated carbocycles. The monoisotopic (exact) mass is 359 g/mol. The lowest BCUT2D eigenvalue weighted by Gasteiger charge is -2.33. The van der Waals surface area contributed by atoms with Crippen molar-refractivity contribution >= 4 is 11.8 Å². The third kappa shape index (κ3) is 3.03. The molecule has 3 aliphatic rings. The minimum Gasteiger partial charge on any atom is -0.361 e. The van der Waals surface area contributed by atoms with E-state index in [9.17, 15) is 9.59 Å². The molecule has 1 unspecified atom stereocenters. The largest absolute Gasteiger partial charge is 0.361 e. The second-order valence-corrected chi connectivity index (χ2v) is 8.47. The molecule has 2 aliphatic heterocycles. The molecule has 2 saturated heterocycles. The quantitative estimate of drug-likeness (QED) is 0.831. The average molecular weight is 359 g/mol. The van der Waals surface area contributed by atoms with Gasteiger partial charge in [0.05, 0.1) is 18.3 Å². The van der Waals surface area contributed by atoms with Gasteiger partial charge in [-0.3, -0.25) is 9.59 Å². The maximum Gasteiger partial charge on any atom is 0.242 e. The lowest BCUT2D eigenvalue weighted by molar-refractivity contribution is -0.139. The molecule has 1 aromatic heterocycles. The molecule has 0 aromatic carbocycles. The van der Waals surface area contributed by atoms with Gasteiger partial charge in [0.1, 0.15) is 5.76 Å². The van der Waals surface area contributed by atoms with Crippen LogP contribution < -0.4 is 0 Å². The van der Waals surface area contributed by atoms with Gasteiger partial charge in [0.2, 0.25) is 11.8 Å². The van der Waals surface area contributed by atoms with Crippen LogP contribution in [0.4, 0.5) is 0 Å². The molecule has 2 amide bonds. The summed E-state index contributed by atoms with van der Waals surface area (Å²) in [6.45, 7) is 5.58. The number of carbonyl (C=O) groups excluding carboxylic acids is 2. The Bertz CT molecular complexity index is 686. The van der Waals surface area contributed by atoms with Crippen molar-refractivity contribution in [3.63, 3.8) is 0 Å². The number of rotatable bonds is 3. The second-order valence-electron chi connectivity index (χ2n) is 8.47. The predicted octanol–water partition coefficient (Wildman–Crippen LogP) is 3.14. The normalized spacial score (nSPS) is 25.5. The molecule has 1 atom stereocenters. The fourth-order valence-electron chi connectivity index (χ4n) is 5.35. The van der Waals surface area contributed by atoms with Crippen LogP contribution in [0.3, 0.4) is 0 Å². The molecular weight excluding hydrogens is 330 g/mol. The topological polar surface area (TPSA) is 66.7 Å². The van der Waals surface area contributed by atoms with Crippen molar-refractivity contribution in [2.24, 2.45) is 5.41 Å². The molecule has 26 heavy (non-hydrogen) atoms. The van der Waals surface area contributed by atoms with Gasteiger partial charge in [-0.05, 0) is 44.9 Å². The Balaban J connectivity index is 1.45. The fourth-order valence-corrected chi connectivity index (χ4v) is 5.35. The zero-order valence-electron chi connectivity index (χ0n) is 15.9. The highest BCUT2D eigenvalue weighted by Gasteiger charge is 2.44. The van der Waals surface area contributed by atoms with Crippen molar-refractivity contribution < 1.29 is 14.1 Å². The standard InChI is InChI=1S/C20H29N3O3/c1-14-19(15(2)26-21-14)16-7-6-10-23(16)18(25)12-22-13-20(11-17(22)24)8-4-3-5-9-20/h16H,3-13H2,1-2H3. The van der Waals surface area contributed by atoms with Crippen molar-refractivity contribution in [1.82, 2.24) is 15.0 Å². The summed E-state index contributed by atoms with van der Waals surface area (Å²) in [4.78, 5) is 29.3. The molecule has 1 aliphatic carbocycles. The average Bonchev–Trinajstić information content (AvgIpc) is 3.28. The van der Waals surface area contributed by atoms with Crippen molar-refractivity contribution in [3.05, 3.63) is 17.0 Å². The Kier molecular flexibility index (Phi) is 4.53. The van der Waals surface area contributed by atoms with E-state index in [4.69, 9.17) is 4.52 Å². The van der Waals surface area contributed by atoms with Gasteiger partial charge in [0.25, 0.3) is 0 Å². The van der Waals surface area contributed by atoms with Crippen molar-refractivity contribution in [2.45, 2.75) is 71.3 Å². The van der Waals surface area contributed by atoms with E-state index in [-0.39, 0.29) is 29.8 Å². The first kappa shape index (κ1) is 17.6. The van der Waals surface area contributed by atoms with Gasteiger partial charge < -0.3 is 14.3 Å². The zero-order valence-corrected chi connectivity index (χ0v) is 15.9. The predicted molar refractivity (Wildman–Crippen MR) is 96.4 cm³/mol. The number of aromatic nitrogens is 1. The van der Waals surface area contributed by atoms with Crippen LogP contribution in [0.15, 0.2) is 4.52 Å². The Hall–Kier alpha value is -1.85. The molecule has 6 heteroatoms. The van der Waals surface area contributed by atoms with Gasteiger partial charge in [-0.25, -0.2) is 0 Å². The van der Waals surface area contributed by atoms with E-state index >= 15 is 0 Å². The summed E-state index contributed by atoms with van der Waals surface area (Å²) < 4.78 is 5.31. The molecule has 3 fully saturated rings. The third-order valence-corrected chi connectivity index (χ3v) is 6.64. The highest BCUT2D eigenvalue weighted by Crippen LogP contribution is 2.44. The van der Waals surface area contributed by atoms with Crippen LogP contribution in [0.1, 0.15) is 74.4 Å². The summed E-state index contributed by atoms with van der Waals surface area (Å²) in [6, 6.07) is 0.0371. The number of carbonyl (C=O) groups is 2. The molecule has 4 rings (SSSR count). The number of amides is 2. The van der Waals surface area contributed by atoms with Crippen LogP contribution in [-0.4, -0.2) is 46.4 Å². The minimum absolute atomic E-state index is 0.0371. The molecule has 142 valence electrons. The van der Waals surface area contributed by atoms with Crippen molar-refractivity contribution in [1.29, 1.82) is 0 Å². The van der Waals surface area contributed by atoms with E-state index in [1.165, 1.54) is 19.3 Å². The van der Waals surface area contributed by atoms with Crippen LogP contribution in [0, 0.1) is 19.3 Å². The van der Waals surface area contributed by atoms with Gasteiger partial charge in [-0.15, -0.1) is 0 Å². The highest BCUT2D eigenvalue weighted by atomic mass is 16.5. The lowest BCUT2D eigenvalue weighted by Crippen LogP contribution is -2.41. The third-order valence-electron chi connectivity index (χ3n) is 6.64. The lowest BCUT2D eigenvalue weighted by atomic mass is 9.73. The number of hydrogen-bond acceptors (Lipinski definition) is 4. The molecule has 6 nitrogen and oxygen atoms in total. The van der Waals surface area contributed by atoms with E-state index in [0.29, 0.717) is 6.42 Å². The van der Waals surface area contributed by atoms with Crippen LogP contribution in [-0.2, 0) is 9.59 Å². The number of hydrogen-bond donors (Lipinski definition) is 0. The first-order valence-electron chi connectivity index (χ1n) is 9.99. The molecule has 1 spiro atoms. The van der Waals surface area contributed by atoms with Gasteiger partial charge >= 0.3 is 0 Å². The number of nitrogens with zero attached hydrogens (tertiary/aromatic N) is 3. The first-order chi connectivity index (χ1) is 12.5. The SMILES string of the molecule is Cc1noc(C)c1C1CCCN1C(=O)CN1CC2(CCCCC2)CC1=O. The Morgan fingerprint density at radius 1 is 1.23 bits per heavy atom. The summed E-state index contributed by atoms with van der Waals surface area (Å²) >= 11 is 0. The summed E-state index contributed by atoms with van der Waals surface area (Å²) in [5.41, 5.74) is 2.06. The van der Waals surface area contributed by atoms with Crippen LogP contribution in [0.5, 0.6) is 0 Å². The van der Waals surface area contributed by atoms with Crippen molar-refractivity contribution in [2.75, 3.05) is 19.6 Å². The Morgan fingerprint density at radius 3 is 2.69 bits per heavy atom. The van der Waals surface area contributed by atoms with Gasteiger partial charge in [-0.2, -0.15) is 0 Å². The highest BCUT2D eigenvalue weighted by molar-refractivity contribution is 5.87. The molecule has 3 heterocycles. The van der Waals surface area contributed by atoms with E-state index in [1.807, 2.05) is 23.6 Å². The maximum absolute atomic E-state index is 13.0. The van der Waals surface area contributed by atoms with Gasteiger partial charge in [0.15, 0.2) is 0 Å². The van der Waals surface area contributed by atoms with E-state index in [2.05, 4.69) is 5.16 Å². The minimum atomic E-state index is 0.0371. The zero-order chi connectivity index (χ0) is 18.3. The summed E-state index contributed by atoms with van der Waals surface area (Å²) in [5, 5.41) is 4.05. The molecular formula is C20H29N3O3. The molecule has 0 N–H and O–H groups in total. The van der Waals surface area contributed by atoms with Gasteiger partial charge in [0, 0.05) is 25.1 Å². The van der Waals surface area contributed by atoms with Crippen LogP contribution in [0.25, 0.3) is 0 Å². The molecule has 0 radical (unpaired) electrons. The van der Waals surface area contributed by atoms with Gasteiger partial charge in [-0.1, -0.05) is 24.4 Å². The second kappa shape index (κ2) is 6.71. The van der Waals surface area contributed by atoms with Crippen LogP contribution >= 0.6 is 0 Å². The summed E-state index contributed by atoms with van der Waals surface area (Å²) in [6.07, 6.45) is 8.54. The molecule has 0 bridgehead atoms. The number of likely N-dealkylation sites (tertiary alicyclic amines) is 2. The van der Waals surface area contributed by atoms with E-state index < -0.39 is 0 Å². The van der Waals surface area contributed by atoms with Crippen molar-refractivity contribution in [3.8, 4) is 0 Å². The maximum atomic E-state index is 13.0. The Morgan fingerprint density at radius 2 is 2.00 bits per heavy atom. The fraction of sp³-hybridized carbons (Fsp3) is 0.750.